The molecule has 1 aliphatic heterocycles. The third kappa shape index (κ3) is 4.70. The van der Waals surface area contributed by atoms with Crippen LogP contribution < -0.4 is 0 Å². The van der Waals surface area contributed by atoms with Gasteiger partial charge in [0.05, 0.1) is 12.7 Å². The minimum atomic E-state index is -9.80. The van der Waals surface area contributed by atoms with Crippen molar-refractivity contribution in [1.82, 2.24) is 0 Å². The van der Waals surface area contributed by atoms with Gasteiger partial charge in [0.1, 0.15) is 0 Å². The van der Waals surface area contributed by atoms with Gasteiger partial charge in [0.25, 0.3) is 0 Å². The van der Waals surface area contributed by atoms with Crippen LogP contribution in [0.4, 0.5) is 119 Å². The topological polar surface area (TPSA) is 12.5 Å². The number of rotatable bonds is 12. The summed E-state index contributed by atoms with van der Waals surface area (Å²) >= 11 is 0. The first kappa shape index (κ1) is 40.1. The molecule has 0 aromatic rings. The Hall–Kier alpha value is -1.93. The summed E-state index contributed by atoms with van der Waals surface area (Å²) in [5.41, 5.74) is -9.20. The average Bonchev–Trinajstić information content (AvgIpc) is 3.58. The van der Waals surface area contributed by atoms with Crippen LogP contribution in [0.1, 0.15) is 6.42 Å². The lowest BCUT2D eigenvalue weighted by molar-refractivity contribution is -0.487. The Morgan fingerprint density at radius 1 is 0.341 bits per heavy atom. The van der Waals surface area contributed by atoms with Gasteiger partial charge in [0.15, 0.2) is 0 Å². The molecular formula is C16H5F27O. The van der Waals surface area contributed by atoms with E-state index in [1.807, 2.05) is 0 Å². The summed E-state index contributed by atoms with van der Waals surface area (Å²) in [6.07, 6.45) is -22.5. The molecule has 1 nitrogen and oxygen atoms in total. The number of ether oxygens (including phenoxy) is 1. The van der Waals surface area contributed by atoms with Crippen molar-refractivity contribution in [2.45, 2.75) is 89.8 Å². The van der Waals surface area contributed by atoms with E-state index in [9.17, 15) is 119 Å². The van der Waals surface area contributed by atoms with E-state index in [1.54, 1.807) is 0 Å². The van der Waals surface area contributed by atoms with E-state index in [4.69, 9.17) is 0 Å². The number of halogens is 27. The highest BCUT2D eigenvalue weighted by Gasteiger charge is 3.01. The smallest absolute Gasteiger partial charge is 0.373 e. The highest BCUT2D eigenvalue weighted by atomic mass is 19.4. The van der Waals surface area contributed by atoms with Crippen molar-refractivity contribution >= 4 is 0 Å². The summed E-state index contributed by atoms with van der Waals surface area (Å²) in [6, 6.07) is 0. The van der Waals surface area contributed by atoms with E-state index in [-0.39, 0.29) is 0 Å². The summed E-state index contributed by atoms with van der Waals surface area (Å²) in [6.45, 7) is -1.06. The molecule has 1 heterocycles. The number of hydrogen-bond donors (Lipinski definition) is 0. The largest absolute Gasteiger partial charge is 0.438 e. The molecule has 1 atom stereocenters. The van der Waals surface area contributed by atoms with Crippen LogP contribution in [-0.4, -0.2) is 90.0 Å². The molecule has 0 radical (unpaired) electrons. The van der Waals surface area contributed by atoms with Crippen molar-refractivity contribution in [3.8, 4) is 0 Å². The Bertz CT molecular complexity index is 1040. The molecule has 0 saturated carbocycles. The van der Waals surface area contributed by atoms with E-state index in [1.165, 1.54) is 0 Å². The second-order valence-corrected chi connectivity index (χ2v) is 8.69. The molecule has 1 unspecified atom stereocenters. The summed E-state index contributed by atoms with van der Waals surface area (Å²) < 4.78 is 364. The maximum absolute atomic E-state index is 13.7. The Morgan fingerprint density at radius 2 is 0.545 bits per heavy atom. The van der Waals surface area contributed by atoms with Crippen LogP contribution >= 0.6 is 0 Å². The lowest BCUT2D eigenvalue weighted by Crippen LogP contribution is -2.79. The van der Waals surface area contributed by atoms with Gasteiger partial charge in [-0.3, -0.25) is 0 Å². The van der Waals surface area contributed by atoms with E-state index in [0.29, 0.717) is 0 Å². The van der Waals surface area contributed by atoms with Gasteiger partial charge in [-0.05, 0) is 0 Å². The van der Waals surface area contributed by atoms with Crippen LogP contribution in [0.15, 0.2) is 0 Å². The molecule has 0 spiro atoms. The molecule has 1 aliphatic rings. The van der Waals surface area contributed by atoms with Gasteiger partial charge in [-0.15, -0.1) is 0 Å². The van der Waals surface area contributed by atoms with Gasteiger partial charge in [-0.2, -0.15) is 114 Å². The maximum Gasteiger partial charge on any atom is 0.438 e. The van der Waals surface area contributed by atoms with Gasteiger partial charge >= 0.3 is 77.2 Å². The van der Waals surface area contributed by atoms with Crippen LogP contribution in [0.25, 0.3) is 0 Å². The van der Waals surface area contributed by atoms with Crippen molar-refractivity contribution in [2.24, 2.45) is 0 Å². The zero-order valence-electron chi connectivity index (χ0n) is 19.1. The molecule has 28 heteroatoms. The van der Waals surface area contributed by atoms with Crippen LogP contribution in [0.3, 0.4) is 0 Å². The van der Waals surface area contributed by atoms with Gasteiger partial charge in [0.2, 0.25) is 0 Å². The third-order valence-electron chi connectivity index (χ3n) is 5.71. The normalized spacial score (nSPS) is 19.8. The Kier molecular flexibility index (Phi) is 8.92. The molecule has 0 aliphatic carbocycles. The van der Waals surface area contributed by atoms with Crippen molar-refractivity contribution in [3.63, 3.8) is 0 Å². The summed E-state index contributed by atoms with van der Waals surface area (Å²) in [7, 11) is 0. The van der Waals surface area contributed by atoms with Gasteiger partial charge in [0, 0.05) is 6.42 Å². The first-order valence-electron chi connectivity index (χ1n) is 9.80. The summed E-state index contributed by atoms with van der Waals surface area (Å²) in [5.74, 6) is -91.3. The molecule has 44 heavy (non-hydrogen) atoms. The molecule has 0 aromatic carbocycles. The van der Waals surface area contributed by atoms with E-state index in [2.05, 4.69) is 4.74 Å². The molecule has 0 N–H and O–H groups in total. The molecule has 1 fully saturated rings. The van der Waals surface area contributed by atoms with Crippen LogP contribution in [0, 0.1) is 0 Å². The molecule has 264 valence electrons. The van der Waals surface area contributed by atoms with Gasteiger partial charge < -0.3 is 4.74 Å². The summed E-state index contributed by atoms with van der Waals surface area (Å²) in [5, 5.41) is 0. The fourth-order valence-corrected chi connectivity index (χ4v) is 2.94. The minimum Gasteiger partial charge on any atom is -0.373 e. The number of epoxide rings is 1. The second kappa shape index (κ2) is 9.79. The second-order valence-electron chi connectivity index (χ2n) is 8.69. The molecular weight excluding hydrogens is 721 g/mol. The van der Waals surface area contributed by atoms with E-state index in [0.717, 1.165) is 0 Å². The predicted molar refractivity (Wildman–Crippen MR) is 79.8 cm³/mol. The van der Waals surface area contributed by atoms with E-state index < -0.39 is 96.4 Å². The summed E-state index contributed by atoms with van der Waals surface area (Å²) in [4.78, 5) is 0. The van der Waals surface area contributed by atoms with Gasteiger partial charge in [-0.25, -0.2) is 4.39 Å². The molecule has 0 aromatic heterocycles. The van der Waals surface area contributed by atoms with Gasteiger partial charge in [-0.1, -0.05) is 0 Å². The highest BCUT2D eigenvalue weighted by molar-refractivity contribution is 5.21. The van der Waals surface area contributed by atoms with Crippen LogP contribution in [0.5, 0.6) is 0 Å². The van der Waals surface area contributed by atoms with E-state index >= 15 is 0 Å². The lowest BCUT2D eigenvalue weighted by Gasteiger charge is -2.46. The van der Waals surface area contributed by atoms with Crippen LogP contribution in [-0.2, 0) is 4.74 Å². The van der Waals surface area contributed by atoms with Crippen molar-refractivity contribution in [2.75, 3.05) is 6.61 Å². The van der Waals surface area contributed by atoms with Crippen molar-refractivity contribution in [1.29, 1.82) is 0 Å². The Morgan fingerprint density at radius 3 is 0.750 bits per heavy atom. The van der Waals surface area contributed by atoms with Crippen molar-refractivity contribution < 1.29 is 123 Å². The average molecular weight is 726 g/mol. The third-order valence-corrected chi connectivity index (χ3v) is 5.71. The highest BCUT2D eigenvalue weighted by Crippen LogP contribution is 2.69. The Balaban J connectivity index is 3.92. The molecule has 0 amide bonds. The zero-order chi connectivity index (χ0) is 36.2. The first-order chi connectivity index (χ1) is 18.6. The molecule has 1 rings (SSSR count). The van der Waals surface area contributed by atoms with Crippen LogP contribution in [0.2, 0.25) is 0 Å². The number of hydrogen-bond acceptors (Lipinski definition) is 1. The quantitative estimate of drug-likeness (QED) is 0.145. The Labute approximate surface area is 221 Å². The minimum absolute atomic E-state index is 1.06. The lowest BCUT2D eigenvalue weighted by atomic mass is 9.81. The standard InChI is InChI=1S/C16H5F27O/c17-4(18,1-3-2-44-3)6(20,21)8(24,25)10(28,29)12(32,33)14(36,37)13(34,35)11(30,31)9(26,27)7(22,23)5(19,15(38,39)40)16(41,42)43/h3H,1-2H2. The van der Waals surface area contributed by atoms with Crippen molar-refractivity contribution in [3.05, 3.63) is 0 Å². The molecule has 1 saturated heterocycles. The predicted octanol–water partition coefficient (Wildman–Crippen LogP) is 8.96. The maximum atomic E-state index is 13.7. The number of alkyl halides is 27. The zero-order valence-corrected chi connectivity index (χ0v) is 19.1. The molecule has 0 bridgehead atoms. The fourth-order valence-electron chi connectivity index (χ4n) is 2.94. The first-order valence-corrected chi connectivity index (χ1v) is 9.80. The fraction of sp³-hybridized carbons (Fsp3) is 1.00. The SMILES string of the molecule is FC(F)(F)C(F)(C(F)(F)F)C(F)(F)C(F)(F)C(F)(F)C(F)(F)C(F)(F)C(F)(F)C(F)(F)C(F)(F)C(F)(F)C(F)(F)CC1CO1. The monoisotopic (exact) mass is 726 g/mol.